The van der Waals surface area contributed by atoms with Gasteiger partial charge in [0.25, 0.3) is 5.91 Å². The van der Waals surface area contributed by atoms with Crippen molar-refractivity contribution in [3.63, 3.8) is 0 Å². The Bertz CT molecular complexity index is 769. The molecule has 1 heterocycles. The second kappa shape index (κ2) is 6.23. The van der Waals surface area contributed by atoms with Gasteiger partial charge in [-0.3, -0.25) is 14.4 Å². The van der Waals surface area contributed by atoms with E-state index in [-0.39, 0.29) is 11.8 Å². The van der Waals surface area contributed by atoms with Crippen LogP contribution in [0, 0.1) is 11.8 Å². The molecule has 0 radical (unpaired) electrons. The first-order chi connectivity index (χ1) is 11.8. The summed E-state index contributed by atoms with van der Waals surface area (Å²) < 4.78 is 5.64. The monoisotopic (exact) mass is 344 g/mol. The summed E-state index contributed by atoms with van der Waals surface area (Å²) in [6.45, 7) is 3.34. The molecule has 1 aliphatic heterocycles. The quantitative estimate of drug-likeness (QED) is 0.730. The van der Waals surface area contributed by atoms with Crippen molar-refractivity contribution in [1.82, 2.24) is 0 Å². The van der Waals surface area contributed by atoms with Crippen molar-refractivity contribution in [2.45, 2.75) is 32.3 Å². The minimum absolute atomic E-state index is 0.271. The molecule has 2 aliphatic rings. The van der Waals surface area contributed by atoms with Crippen LogP contribution in [0.2, 0.25) is 0 Å². The number of benzene rings is 1. The lowest BCUT2D eigenvalue weighted by Crippen LogP contribution is -2.45. The third-order valence-corrected chi connectivity index (χ3v) is 4.49. The first-order valence-electron chi connectivity index (χ1n) is 8.11. The molecule has 25 heavy (non-hydrogen) atoms. The highest BCUT2D eigenvalue weighted by molar-refractivity contribution is 6.02. The van der Waals surface area contributed by atoms with Crippen LogP contribution in [0.4, 0.5) is 11.4 Å². The largest absolute Gasteiger partial charge is 0.481 e. The van der Waals surface area contributed by atoms with Gasteiger partial charge in [0.1, 0.15) is 5.75 Å². The number of rotatable bonds is 3. The molecule has 2 unspecified atom stereocenters. The smallest absolute Gasteiger partial charge is 0.307 e. The van der Waals surface area contributed by atoms with Gasteiger partial charge >= 0.3 is 5.97 Å². The third-order valence-electron chi connectivity index (χ3n) is 4.49. The molecule has 0 fully saturated rings. The van der Waals surface area contributed by atoms with E-state index in [9.17, 15) is 19.5 Å². The average Bonchev–Trinajstić information content (AvgIpc) is 2.56. The topological polar surface area (TPSA) is 105 Å². The van der Waals surface area contributed by atoms with Crippen LogP contribution < -0.4 is 15.4 Å². The van der Waals surface area contributed by atoms with Gasteiger partial charge in [0.15, 0.2) is 5.60 Å². The lowest BCUT2D eigenvalue weighted by atomic mass is 9.82. The Morgan fingerprint density at radius 3 is 2.60 bits per heavy atom. The lowest BCUT2D eigenvalue weighted by molar-refractivity contribution is -0.146. The summed E-state index contributed by atoms with van der Waals surface area (Å²) in [5, 5.41) is 14.8. The van der Waals surface area contributed by atoms with E-state index in [2.05, 4.69) is 10.6 Å². The number of carbonyl (C=O) groups excluding carboxylic acids is 2. The number of carbonyl (C=O) groups is 3. The highest BCUT2D eigenvalue weighted by Crippen LogP contribution is 2.36. The van der Waals surface area contributed by atoms with E-state index in [1.54, 1.807) is 38.1 Å². The second-order valence-corrected chi connectivity index (χ2v) is 6.76. The molecule has 3 N–H and O–H groups in total. The number of hydrogen-bond donors (Lipinski definition) is 3. The molecule has 0 saturated heterocycles. The summed E-state index contributed by atoms with van der Waals surface area (Å²) in [7, 11) is 0. The molecular formula is C18H20N2O5. The molecule has 7 nitrogen and oxygen atoms in total. The van der Waals surface area contributed by atoms with Crippen LogP contribution in [0.25, 0.3) is 0 Å². The van der Waals surface area contributed by atoms with Gasteiger partial charge in [-0.25, -0.2) is 0 Å². The van der Waals surface area contributed by atoms with Crippen molar-refractivity contribution in [1.29, 1.82) is 0 Å². The number of carboxylic acid groups (broad SMARTS) is 1. The maximum absolute atomic E-state index is 12.5. The Balaban J connectivity index is 1.77. The van der Waals surface area contributed by atoms with Crippen molar-refractivity contribution in [3.8, 4) is 5.75 Å². The van der Waals surface area contributed by atoms with Gasteiger partial charge in [-0.1, -0.05) is 12.2 Å². The SMILES string of the molecule is CC1(C)Oc2ccc(NC(=O)C3CC=CCC3C(=O)O)cc2NC1=O. The molecule has 1 aliphatic carbocycles. The number of anilines is 2. The molecular weight excluding hydrogens is 324 g/mol. The lowest BCUT2D eigenvalue weighted by Gasteiger charge is -2.31. The minimum Gasteiger partial charge on any atom is -0.481 e. The van der Waals surface area contributed by atoms with Gasteiger partial charge in [-0.05, 0) is 44.9 Å². The Kier molecular flexibility index (Phi) is 4.24. The van der Waals surface area contributed by atoms with Crippen molar-refractivity contribution in [2.24, 2.45) is 11.8 Å². The maximum Gasteiger partial charge on any atom is 0.307 e. The first-order valence-corrected chi connectivity index (χ1v) is 8.11. The highest BCUT2D eigenvalue weighted by Gasteiger charge is 2.36. The molecule has 0 spiro atoms. The Morgan fingerprint density at radius 2 is 1.92 bits per heavy atom. The predicted octanol–water partition coefficient (Wildman–Crippen LogP) is 2.40. The van der Waals surface area contributed by atoms with Gasteiger partial charge in [0, 0.05) is 5.69 Å². The average molecular weight is 344 g/mol. The standard InChI is InChI=1S/C18H20N2O5/c1-18(2)17(24)20-13-9-10(7-8-14(13)25-18)19-15(21)11-5-3-4-6-12(11)16(22)23/h3-4,7-9,11-12H,5-6H2,1-2H3,(H,19,21)(H,20,24)(H,22,23). The fourth-order valence-corrected chi connectivity index (χ4v) is 3.00. The fraction of sp³-hybridized carbons (Fsp3) is 0.389. The van der Waals surface area contributed by atoms with E-state index in [4.69, 9.17) is 4.74 Å². The van der Waals surface area contributed by atoms with Crippen LogP contribution in [0.1, 0.15) is 26.7 Å². The van der Waals surface area contributed by atoms with E-state index in [0.717, 1.165) is 0 Å². The Labute approximate surface area is 145 Å². The third kappa shape index (κ3) is 3.35. The van der Waals surface area contributed by atoms with Crippen molar-refractivity contribution in [2.75, 3.05) is 10.6 Å². The summed E-state index contributed by atoms with van der Waals surface area (Å²) in [5.41, 5.74) is -0.00697. The number of nitrogens with one attached hydrogen (secondary N) is 2. The van der Waals surface area contributed by atoms with Crippen molar-refractivity contribution >= 4 is 29.2 Å². The molecule has 2 amide bonds. The molecule has 2 atom stereocenters. The van der Waals surface area contributed by atoms with Crippen molar-refractivity contribution < 1.29 is 24.2 Å². The highest BCUT2D eigenvalue weighted by atomic mass is 16.5. The van der Waals surface area contributed by atoms with E-state index >= 15 is 0 Å². The van der Waals surface area contributed by atoms with Gasteiger partial charge in [0.2, 0.25) is 5.91 Å². The molecule has 0 saturated carbocycles. The minimum atomic E-state index is -0.974. The number of carboxylic acids is 1. The van der Waals surface area contributed by atoms with Gasteiger partial charge in [-0.15, -0.1) is 0 Å². The Hall–Kier alpha value is -2.83. The first kappa shape index (κ1) is 17.0. The summed E-state index contributed by atoms with van der Waals surface area (Å²) in [6.07, 6.45) is 4.35. The summed E-state index contributed by atoms with van der Waals surface area (Å²) in [6, 6.07) is 4.94. The van der Waals surface area contributed by atoms with Gasteiger partial charge in [0.05, 0.1) is 17.5 Å². The number of allylic oxidation sites excluding steroid dienone is 2. The van der Waals surface area contributed by atoms with Crippen LogP contribution in [-0.4, -0.2) is 28.5 Å². The summed E-state index contributed by atoms with van der Waals surface area (Å²) in [4.78, 5) is 35.8. The molecule has 1 aromatic rings. The Morgan fingerprint density at radius 1 is 1.24 bits per heavy atom. The van der Waals surface area contributed by atoms with E-state index < -0.39 is 23.4 Å². The summed E-state index contributed by atoms with van der Waals surface area (Å²) >= 11 is 0. The van der Waals surface area contributed by atoms with E-state index in [0.29, 0.717) is 30.0 Å². The van der Waals surface area contributed by atoms with Crippen LogP contribution in [-0.2, 0) is 14.4 Å². The van der Waals surface area contributed by atoms with E-state index in [1.807, 2.05) is 6.08 Å². The molecule has 132 valence electrons. The molecule has 3 rings (SSSR count). The molecule has 0 bridgehead atoms. The van der Waals surface area contributed by atoms with Crippen molar-refractivity contribution in [3.05, 3.63) is 30.4 Å². The number of ether oxygens (including phenoxy) is 1. The number of aliphatic carboxylic acids is 1. The van der Waals surface area contributed by atoms with Crippen LogP contribution >= 0.6 is 0 Å². The molecule has 0 aromatic heterocycles. The second-order valence-electron chi connectivity index (χ2n) is 6.76. The van der Waals surface area contributed by atoms with Crippen LogP contribution in [0.15, 0.2) is 30.4 Å². The fourth-order valence-electron chi connectivity index (χ4n) is 3.00. The normalized spacial score (nSPS) is 23.8. The number of hydrogen-bond acceptors (Lipinski definition) is 4. The van der Waals surface area contributed by atoms with Crippen LogP contribution in [0.5, 0.6) is 5.75 Å². The maximum atomic E-state index is 12.5. The molecule has 7 heteroatoms. The van der Waals surface area contributed by atoms with Gasteiger partial charge < -0.3 is 20.5 Å². The predicted molar refractivity (Wildman–Crippen MR) is 91.4 cm³/mol. The molecule has 1 aromatic carbocycles. The van der Waals surface area contributed by atoms with Crippen LogP contribution in [0.3, 0.4) is 0 Å². The van der Waals surface area contributed by atoms with Gasteiger partial charge in [-0.2, -0.15) is 0 Å². The number of amides is 2. The number of fused-ring (bicyclic) bond motifs is 1. The zero-order chi connectivity index (χ0) is 18.2. The summed E-state index contributed by atoms with van der Waals surface area (Å²) in [5.74, 6) is -2.42. The zero-order valence-corrected chi connectivity index (χ0v) is 14.0. The zero-order valence-electron chi connectivity index (χ0n) is 14.0. The van der Waals surface area contributed by atoms with E-state index in [1.165, 1.54) is 0 Å².